The van der Waals surface area contributed by atoms with E-state index < -0.39 is 0 Å². The zero-order valence-electron chi connectivity index (χ0n) is 12.6. The molecule has 0 saturated heterocycles. The van der Waals surface area contributed by atoms with Crippen molar-refractivity contribution < 1.29 is 0 Å². The second-order valence-corrected chi connectivity index (χ2v) is 7.28. The van der Waals surface area contributed by atoms with E-state index in [1.54, 1.807) is 6.33 Å². The summed E-state index contributed by atoms with van der Waals surface area (Å²) in [5, 5.41) is 2.36. The van der Waals surface area contributed by atoms with E-state index in [9.17, 15) is 0 Å². The molecule has 0 radical (unpaired) electrons. The number of benzene rings is 1. The van der Waals surface area contributed by atoms with Crippen LogP contribution in [0.25, 0.3) is 30.5 Å². The molecule has 0 unspecified atom stereocenters. The minimum atomic E-state index is 0.174. The molecule has 0 spiro atoms. The molecule has 3 aromatic heterocycles. The van der Waals surface area contributed by atoms with Gasteiger partial charge in [0.1, 0.15) is 0 Å². The average molecular weight is 355 g/mol. The fourth-order valence-corrected chi connectivity index (χ4v) is 5.22. The van der Waals surface area contributed by atoms with Gasteiger partial charge in [-0.3, -0.25) is 0 Å². The van der Waals surface area contributed by atoms with Gasteiger partial charge in [0, 0.05) is 0 Å². The Morgan fingerprint density at radius 2 is 1.91 bits per heavy atom. The molecule has 0 fully saturated rings. The summed E-state index contributed by atoms with van der Waals surface area (Å²) in [6, 6.07) is 10.5. The quantitative estimate of drug-likeness (QED) is 0.529. The van der Waals surface area contributed by atoms with Crippen LogP contribution in [0, 0.1) is 0 Å². The van der Waals surface area contributed by atoms with Gasteiger partial charge in [-0.15, -0.1) is 0 Å². The molecule has 0 aliphatic heterocycles. The summed E-state index contributed by atoms with van der Waals surface area (Å²) in [4.78, 5) is 16.3. The van der Waals surface area contributed by atoms with Crippen LogP contribution >= 0.6 is 0 Å². The predicted molar refractivity (Wildman–Crippen MR) is 92.8 cm³/mol. The SMILES string of the molecule is CCN(CC)c1ncnc2c1[se]c1nc3ccccc3cc12. The summed E-state index contributed by atoms with van der Waals surface area (Å²) >= 11 is 0.174. The average Bonchev–Trinajstić information content (AvgIpc) is 2.92. The van der Waals surface area contributed by atoms with Crippen molar-refractivity contribution in [2.75, 3.05) is 18.0 Å². The number of nitrogens with zero attached hydrogens (tertiary/aromatic N) is 4. The van der Waals surface area contributed by atoms with Crippen LogP contribution in [0.15, 0.2) is 36.7 Å². The van der Waals surface area contributed by atoms with Crippen molar-refractivity contribution in [3.8, 4) is 0 Å². The van der Waals surface area contributed by atoms with Gasteiger partial charge < -0.3 is 0 Å². The second kappa shape index (κ2) is 5.34. The van der Waals surface area contributed by atoms with Gasteiger partial charge in [0.05, 0.1) is 0 Å². The number of hydrogen-bond donors (Lipinski definition) is 0. The summed E-state index contributed by atoms with van der Waals surface area (Å²) in [6.45, 7) is 6.25. The molecule has 0 saturated carbocycles. The zero-order chi connectivity index (χ0) is 15.1. The molecule has 3 heterocycles. The third kappa shape index (κ3) is 2.01. The number of fused-ring (bicyclic) bond motifs is 4. The number of hydrogen-bond acceptors (Lipinski definition) is 4. The predicted octanol–water partition coefficient (Wildman–Crippen LogP) is 3.23. The molecule has 1 aromatic carbocycles. The first-order chi connectivity index (χ1) is 10.8. The van der Waals surface area contributed by atoms with Crippen LogP contribution in [-0.2, 0) is 0 Å². The third-order valence-corrected chi connectivity index (χ3v) is 6.27. The first kappa shape index (κ1) is 13.7. The topological polar surface area (TPSA) is 41.9 Å². The Morgan fingerprint density at radius 1 is 1.09 bits per heavy atom. The Morgan fingerprint density at radius 3 is 2.73 bits per heavy atom. The van der Waals surface area contributed by atoms with Crippen molar-refractivity contribution in [1.29, 1.82) is 0 Å². The van der Waals surface area contributed by atoms with Crippen molar-refractivity contribution >= 4 is 50.8 Å². The molecule has 4 aromatic rings. The number of para-hydroxylation sites is 1. The van der Waals surface area contributed by atoms with Gasteiger partial charge in [0.25, 0.3) is 0 Å². The van der Waals surface area contributed by atoms with E-state index in [0.29, 0.717) is 0 Å². The van der Waals surface area contributed by atoms with Gasteiger partial charge in [-0.1, -0.05) is 0 Å². The Balaban J connectivity index is 2.08. The zero-order valence-corrected chi connectivity index (χ0v) is 14.3. The summed E-state index contributed by atoms with van der Waals surface area (Å²) in [7, 11) is 0. The summed E-state index contributed by atoms with van der Waals surface area (Å²) < 4.78 is 2.45. The first-order valence-corrected chi connectivity index (χ1v) is 9.21. The molecule has 4 rings (SSSR count). The number of anilines is 1. The Bertz CT molecular complexity index is 972. The van der Waals surface area contributed by atoms with E-state index in [-0.39, 0.29) is 14.5 Å². The van der Waals surface area contributed by atoms with Crippen molar-refractivity contribution in [2.24, 2.45) is 0 Å². The van der Waals surface area contributed by atoms with Crippen LogP contribution < -0.4 is 4.90 Å². The third-order valence-electron chi connectivity index (χ3n) is 3.99. The maximum absolute atomic E-state index is 4.86. The Labute approximate surface area is 134 Å². The monoisotopic (exact) mass is 356 g/mol. The van der Waals surface area contributed by atoms with E-state index in [1.807, 2.05) is 6.07 Å². The van der Waals surface area contributed by atoms with E-state index >= 15 is 0 Å². The second-order valence-electron chi connectivity index (χ2n) is 5.18. The van der Waals surface area contributed by atoms with E-state index in [2.05, 4.69) is 53.0 Å². The fourth-order valence-electron chi connectivity index (χ4n) is 2.84. The normalized spacial score (nSPS) is 11.5. The number of pyridine rings is 1. The van der Waals surface area contributed by atoms with Gasteiger partial charge in [-0.2, -0.15) is 0 Å². The molecular weight excluding hydrogens is 339 g/mol. The molecular formula is C17H16N4Se. The summed E-state index contributed by atoms with van der Waals surface area (Å²) in [5.41, 5.74) is 2.14. The van der Waals surface area contributed by atoms with Gasteiger partial charge in [-0.25, -0.2) is 0 Å². The molecule has 4 nitrogen and oxygen atoms in total. The molecule has 5 heteroatoms. The van der Waals surface area contributed by atoms with Crippen LogP contribution in [0.1, 0.15) is 13.8 Å². The molecule has 0 N–H and O–H groups in total. The van der Waals surface area contributed by atoms with Crippen molar-refractivity contribution in [2.45, 2.75) is 13.8 Å². The molecule has 22 heavy (non-hydrogen) atoms. The van der Waals surface area contributed by atoms with E-state index in [4.69, 9.17) is 4.98 Å². The molecule has 0 amide bonds. The summed E-state index contributed by atoms with van der Waals surface area (Å²) in [5.74, 6) is 1.08. The van der Waals surface area contributed by atoms with Crippen molar-refractivity contribution in [3.63, 3.8) is 0 Å². The standard InChI is InChI=1S/C17H16N4Se/c1-3-21(4-2)16-15-14(18-10-19-16)12-9-11-7-5-6-8-13(11)20-17(12)22-15/h5-10H,3-4H2,1-2H3. The maximum atomic E-state index is 4.86. The number of rotatable bonds is 3. The molecule has 0 bridgehead atoms. The molecule has 0 aliphatic carbocycles. The molecule has 0 aliphatic rings. The van der Waals surface area contributed by atoms with E-state index in [1.165, 1.54) is 19.4 Å². The molecule has 0 atom stereocenters. The number of aromatic nitrogens is 3. The van der Waals surface area contributed by atoms with Gasteiger partial charge >= 0.3 is 134 Å². The van der Waals surface area contributed by atoms with Gasteiger partial charge in [-0.05, 0) is 0 Å². The van der Waals surface area contributed by atoms with Crippen LogP contribution in [0.4, 0.5) is 5.82 Å². The Hall–Kier alpha value is -1.97. The summed E-state index contributed by atoms with van der Waals surface area (Å²) in [6.07, 6.45) is 1.69. The first-order valence-electron chi connectivity index (χ1n) is 7.49. The van der Waals surface area contributed by atoms with Gasteiger partial charge in [0.2, 0.25) is 0 Å². The molecule has 110 valence electrons. The van der Waals surface area contributed by atoms with E-state index in [0.717, 1.165) is 29.9 Å². The van der Waals surface area contributed by atoms with Gasteiger partial charge in [0.15, 0.2) is 0 Å². The minimum absolute atomic E-state index is 0.174. The fraction of sp³-hybridized carbons (Fsp3) is 0.235. The van der Waals surface area contributed by atoms with Crippen LogP contribution in [0.3, 0.4) is 0 Å². The van der Waals surface area contributed by atoms with Crippen molar-refractivity contribution in [1.82, 2.24) is 15.0 Å². The van der Waals surface area contributed by atoms with Crippen LogP contribution in [0.5, 0.6) is 0 Å². The van der Waals surface area contributed by atoms with Crippen molar-refractivity contribution in [3.05, 3.63) is 36.7 Å². The van der Waals surface area contributed by atoms with Crippen LogP contribution in [0.2, 0.25) is 0 Å². The van der Waals surface area contributed by atoms with Crippen LogP contribution in [-0.4, -0.2) is 42.5 Å². The Kier molecular flexibility index (Phi) is 3.32.